The van der Waals surface area contributed by atoms with Gasteiger partial charge in [-0.15, -0.1) is 0 Å². The molecule has 0 aromatic rings. The standard InChI is InChI=1S/C17H34N2O2/c1-6-11-18-17(15-8-9-15,16(20)21-7-2)13-19(5)12-10-14(3)4/h14-15,18H,6-13H2,1-5H3. The molecule has 1 fully saturated rings. The van der Waals surface area contributed by atoms with Crippen LogP contribution >= 0.6 is 0 Å². The maximum absolute atomic E-state index is 12.6. The first-order valence-electron chi connectivity index (χ1n) is 8.57. The van der Waals surface area contributed by atoms with Gasteiger partial charge < -0.3 is 15.0 Å². The van der Waals surface area contributed by atoms with Crippen LogP contribution in [0, 0.1) is 11.8 Å². The number of hydrogen-bond acceptors (Lipinski definition) is 4. The molecule has 124 valence electrons. The molecule has 0 saturated heterocycles. The third kappa shape index (κ3) is 5.59. The van der Waals surface area contributed by atoms with Gasteiger partial charge in [-0.05, 0) is 64.6 Å². The van der Waals surface area contributed by atoms with E-state index in [4.69, 9.17) is 4.74 Å². The van der Waals surface area contributed by atoms with Crippen LogP contribution in [0.4, 0.5) is 0 Å². The summed E-state index contributed by atoms with van der Waals surface area (Å²) in [7, 11) is 2.12. The second-order valence-corrected chi connectivity index (χ2v) is 6.81. The van der Waals surface area contributed by atoms with Crippen molar-refractivity contribution in [1.82, 2.24) is 10.2 Å². The van der Waals surface area contributed by atoms with Crippen molar-refractivity contribution in [1.29, 1.82) is 0 Å². The van der Waals surface area contributed by atoms with Crippen LogP contribution in [0.1, 0.15) is 53.4 Å². The molecule has 1 unspecified atom stereocenters. The van der Waals surface area contributed by atoms with E-state index in [0.717, 1.165) is 45.3 Å². The van der Waals surface area contributed by atoms with Crippen LogP contribution in [0.15, 0.2) is 0 Å². The van der Waals surface area contributed by atoms with E-state index in [-0.39, 0.29) is 5.97 Å². The van der Waals surface area contributed by atoms with Crippen molar-refractivity contribution in [2.75, 3.05) is 33.3 Å². The zero-order valence-corrected chi connectivity index (χ0v) is 14.6. The van der Waals surface area contributed by atoms with Crippen molar-refractivity contribution in [2.24, 2.45) is 11.8 Å². The van der Waals surface area contributed by atoms with Gasteiger partial charge in [0.2, 0.25) is 0 Å². The Labute approximate surface area is 130 Å². The van der Waals surface area contributed by atoms with Crippen molar-refractivity contribution >= 4 is 5.97 Å². The normalized spacial score (nSPS) is 18.0. The number of ether oxygens (including phenoxy) is 1. The van der Waals surface area contributed by atoms with Crippen LogP contribution < -0.4 is 5.32 Å². The molecule has 1 aliphatic rings. The third-order valence-corrected chi connectivity index (χ3v) is 4.21. The molecule has 0 heterocycles. The molecule has 0 spiro atoms. The highest BCUT2D eigenvalue weighted by Crippen LogP contribution is 2.41. The van der Waals surface area contributed by atoms with Gasteiger partial charge in [0.1, 0.15) is 5.54 Å². The molecule has 4 nitrogen and oxygen atoms in total. The van der Waals surface area contributed by atoms with Gasteiger partial charge in [0, 0.05) is 6.54 Å². The molecular formula is C17H34N2O2. The van der Waals surface area contributed by atoms with Crippen molar-refractivity contribution in [2.45, 2.75) is 58.9 Å². The molecule has 1 aliphatic carbocycles. The highest BCUT2D eigenvalue weighted by molar-refractivity contribution is 5.82. The number of esters is 1. The lowest BCUT2D eigenvalue weighted by atomic mass is 9.91. The molecular weight excluding hydrogens is 264 g/mol. The Balaban J connectivity index is 2.75. The maximum atomic E-state index is 12.6. The predicted octanol–water partition coefficient (Wildman–Crippen LogP) is 2.68. The van der Waals surface area contributed by atoms with Gasteiger partial charge in [0.25, 0.3) is 0 Å². The van der Waals surface area contributed by atoms with Crippen molar-refractivity contribution in [3.63, 3.8) is 0 Å². The summed E-state index contributed by atoms with van der Waals surface area (Å²) >= 11 is 0. The third-order valence-electron chi connectivity index (χ3n) is 4.21. The highest BCUT2D eigenvalue weighted by atomic mass is 16.5. The second kappa shape index (κ2) is 8.74. The number of nitrogens with one attached hydrogen (secondary N) is 1. The molecule has 1 saturated carbocycles. The Morgan fingerprint density at radius 3 is 2.52 bits per heavy atom. The number of likely N-dealkylation sites (N-methyl/N-ethyl adjacent to an activating group) is 1. The smallest absolute Gasteiger partial charge is 0.327 e. The highest BCUT2D eigenvalue weighted by Gasteiger charge is 2.52. The van der Waals surface area contributed by atoms with E-state index in [0.29, 0.717) is 18.4 Å². The van der Waals surface area contributed by atoms with Gasteiger partial charge in [-0.3, -0.25) is 0 Å². The van der Waals surface area contributed by atoms with Crippen LogP contribution in [-0.4, -0.2) is 49.7 Å². The van der Waals surface area contributed by atoms with Crippen LogP contribution in [0.3, 0.4) is 0 Å². The molecule has 4 heteroatoms. The fourth-order valence-corrected chi connectivity index (χ4v) is 2.80. The molecule has 21 heavy (non-hydrogen) atoms. The van der Waals surface area contributed by atoms with Crippen molar-refractivity contribution < 1.29 is 9.53 Å². The molecule has 0 amide bonds. The van der Waals surface area contributed by atoms with E-state index in [1.807, 2.05) is 6.92 Å². The van der Waals surface area contributed by atoms with Crippen molar-refractivity contribution in [3.05, 3.63) is 0 Å². The lowest BCUT2D eigenvalue weighted by Gasteiger charge is -2.36. The molecule has 0 radical (unpaired) electrons. The minimum atomic E-state index is -0.502. The molecule has 1 atom stereocenters. The van der Waals surface area contributed by atoms with E-state index in [1.165, 1.54) is 0 Å². The van der Waals surface area contributed by atoms with Crippen LogP contribution in [0.5, 0.6) is 0 Å². The quantitative estimate of drug-likeness (QED) is 0.596. The Kier molecular flexibility index (Phi) is 7.67. The van der Waals surface area contributed by atoms with Crippen LogP contribution in [-0.2, 0) is 9.53 Å². The summed E-state index contributed by atoms with van der Waals surface area (Å²) in [4.78, 5) is 14.9. The Hall–Kier alpha value is -0.610. The second-order valence-electron chi connectivity index (χ2n) is 6.81. The molecule has 0 aromatic heterocycles. The maximum Gasteiger partial charge on any atom is 0.327 e. The summed E-state index contributed by atoms with van der Waals surface area (Å²) in [5, 5.41) is 3.53. The van der Waals surface area contributed by atoms with Gasteiger partial charge in [-0.2, -0.15) is 0 Å². The molecule has 0 aromatic carbocycles. The average Bonchev–Trinajstić information content (AvgIpc) is 3.26. The number of rotatable bonds is 11. The van der Waals surface area contributed by atoms with Crippen molar-refractivity contribution in [3.8, 4) is 0 Å². The summed E-state index contributed by atoms with van der Waals surface area (Å²) < 4.78 is 5.40. The minimum absolute atomic E-state index is 0.0580. The fourth-order valence-electron chi connectivity index (χ4n) is 2.80. The topological polar surface area (TPSA) is 41.6 Å². The molecule has 0 aliphatic heterocycles. The molecule has 1 N–H and O–H groups in total. The largest absolute Gasteiger partial charge is 0.465 e. The zero-order valence-electron chi connectivity index (χ0n) is 14.6. The average molecular weight is 298 g/mol. The summed E-state index contributed by atoms with van der Waals surface area (Å²) in [6.45, 7) is 11.6. The van der Waals surface area contributed by atoms with E-state index in [1.54, 1.807) is 0 Å². The van der Waals surface area contributed by atoms with E-state index < -0.39 is 5.54 Å². The van der Waals surface area contributed by atoms with E-state index in [9.17, 15) is 4.79 Å². The van der Waals surface area contributed by atoms with Crippen LogP contribution in [0.2, 0.25) is 0 Å². The van der Waals surface area contributed by atoms with E-state index >= 15 is 0 Å². The molecule has 1 rings (SSSR count). The van der Waals surface area contributed by atoms with Gasteiger partial charge in [-0.25, -0.2) is 4.79 Å². The minimum Gasteiger partial charge on any atom is -0.465 e. The van der Waals surface area contributed by atoms with Crippen LogP contribution in [0.25, 0.3) is 0 Å². The summed E-state index contributed by atoms with van der Waals surface area (Å²) in [5.74, 6) is 1.07. The summed E-state index contributed by atoms with van der Waals surface area (Å²) in [6.07, 6.45) is 4.46. The number of carbonyl (C=O) groups is 1. The molecule has 0 bridgehead atoms. The number of hydrogen-bond donors (Lipinski definition) is 1. The Morgan fingerprint density at radius 2 is 2.05 bits per heavy atom. The first-order valence-corrected chi connectivity index (χ1v) is 8.57. The van der Waals surface area contributed by atoms with Gasteiger partial charge in [0.15, 0.2) is 0 Å². The predicted molar refractivity (Wildman–Crippen MR) is 87.3 cm³/mol. The number of nitrogens with zero attached hydrogens (tertiary/aromatic N) is 1. The monoisotopic (exact) mass is 298 g/mol. The van der Waals surface area contributed by atoms with Gasteiger partial charge in [-0.1, -0.05) is 20.8 Å². The van der Waals surface area contributed by atoms with Gasteiger partial charge in [0.05, 0.1) is 6.61 Å². The Bertz CT molecular complexity index is 316. The lowest BCUT2D eigenvalue weighted by molar-refractivity contribution is -0.153. The Morgan fingerprint density at radius 1 is 1.38 bits per heavy atom. The van der Waals surface area contributed by atoms with Gasteiger partial charge >= 0.3 is 5.97 Å². The lowest BCUT2D eigenvalue weighted by Crippen LogP contribution is -2.61. The number of carbonyl (C=O) groups excluding carboxylic acids is 1. The summed E-state index contributed by atoms with van der Waals surface area (Å²) in [5.41, 5.74) is -0.502. The fraction of sp³-hybridized carbons (Fsp3) is 0.941. The SMILES string of the molecule is CCCNC(CN(C)CCC(C)C)(C(=O)OCC)C1CC1. The zero-order chi connectivity index (χ0) is 15.9. The van der Waals surface area contributed by atoms with E-state index in [2.05, 4.69) is 38.0 Å². The summed E-state index contributed by atoms with van der Waals surface area (Å²) in [6, 6.07) is 0. The first kappa shape index (κ1) is 18.4. The first-order chi connectivity index (χ1) is 9.96.